The Balaban J connectivity index is 2.62. The number of hydrogen-bond acceptors (Lipinski definition) is 2. The largest absolute Gasteiger partial charge is 0.463 e. The minimum absolute atomic E-state index is 0.285. The first-order chi connectivity index (χ1) is 7.72. The molecular formula is C13H13FO2. The summed E-state index contributed by atoms with van der Waals surface area (Å²) in [5.74, 6) is -1.03. The van der Waals surface area contributed by atoms with Crippen molar-refractivity contribution in [2.24, 2.45) is 0 Å². The molecule has 1 aromatic carbocycles. The number of carbonyl (C=O) groups excluding carboxylic acids is 1. The molecule has 84 valence electrons. The number of ether oxygens (including phenoxy) is 1. The Kier molecular flexibility index (Phi) is 4.99. The fourth-order valence-electron chi connectivity index (χ4n) is 1.09. The molecule has 16 heavy (non-hydrogen) atoms. The van der Waals surface area contributed by atoms with Gasteiger partial charge in [0.2, 0.25) is 0 Å². The molecule has 0 aliphatic heterocycles. The predicted octanol–water partition coefficient (Wildman–Crippen LogP) is 3.12. The van der Waals surface area contributed by atoms with Crippen molar-refractivity contribution in [2.45, 2.75) is 6.92 Å². The highest BCUT2D eigenvalue weighted by atomic mass is 19.1. The van der Waals surface area contributed by atoms with Crippen LogP contribution in [0, 0.1) is 0 Å². The van der Waals surface area contributed by atoms with E-state index in [0.717, 1.165) is 17.7 Å². The van der Waals surface area contributed by atoms with Gasteiger partial charge in [-0.05, 0) is 24.6 Å². The molecule has 0 radical (unpaired) electrons. The Morgan fingerprint density at radius 3 is 2.62 bits per heavy atom. The van der Waals surface area contributed by atoms with Gasteiger partial charge in [-0.1, -0.05) is 30.3 Å². The van der Waals surface area contributed by atoms with Gasteiger partial charge in [-0.3, -0.25) is 0 Å². The van der Waals surface area contributed by atoms with Crippen molar-refractivity contribution < 1.29 is 13.9 Å². The van der Waals surface area contributed by atoms with Gasteiger partial charge in [0.05, 0.1) is 6.61 Å². The molecule has 0 aliphatic carbocycles. The van der Waals surface area contributed by atoms with E-state index >= 15 is 0 Å². The van der Waals surface area contributed by atoms with Crippen LogP contribution < -0.4 is 0 Å². The molecule has 0 aliphatic rings. The maximum Gasteiger partial charge on any atom is 0.330 e. The van der Waals surface area contributed by atoms with Gasteiger partial charge < -0.3 is 4.74 Å². The molecule has 0 saturated carbocycles. The monoisotopic (exact) mass is 220 g/mol. The third-order valence-electron chi connectivity index (χ3n) is 1.77. The Morgan fingerprint density at radius 1 is 1.31 bits per heavy atom. The van der Waals surface area contributed by atoms with E-state index in [1.54, 1.807) is 19.1 Å². The second kappa shape index (κ2) is 6.56. The molecule has 1 aromatic rings. The Hall–Kier alpha value is -1.90. The highest BCUT2D eigenvalue weighted by molar-refractivity contribution is 5.82. The van der Waals surface area contributed by atoms with Gasteiger partial charge in [-0.25, -0.2) is 9.18 Å². The zero-order valence-electron chi connectivity index (χ0n) is 9.02. The van der Waals surface area contributed by atoms with Crippen LogP contribution in [0.25, 0.3) is 6.08 Å². The van der Waals surface area contributed by atoms with Crippen LogP contribution >= 0.6 is 0 Å². The third kappa shape index (κ3) is 4.55. The van der Waals surface area contributed by atoms with Crippen molar-refractivity contribution in [2.75, 3.05) is 6.61 Å². The summed E-state index contributed by atoms with van der Waals surface area (Å²) in [6.07, 6.45) is 3.50. The van der Waals surface area contributed by atoms with E-state index in [-0.39, 0.29) is 6.61 Å². The van der Waals surface area contributed by atoms with Crippen LogP contribution in [0.15, 0.2) is 48.3 Å². The van der Waals surface area contributed by atoms with Gasteiger partial charge in [0.1, 0.15) is 5.83 Å². The molecular weight excluding hydrogens is 207 g/mol. The van der Waals surface area contributed by atoms with E-state index in [2.05, 4.69) is 4.74 Å². The smallest absolute Gasteiger partial charge is 0.330 e. The minimum Gasteiger partial charge on any atom is -0.463 e. The highest BCUT2D eigenvalue weighted by Crippen LogP contribution is 2.08. The SMILES string of the molecule is CCOC(=O)/C=C\C(F)=C\c1ccccc1. The highest BCUT2D eigenvalue weighted by Gasteiger charge is 1.95. The summed E-state index contributed by atoms with van der Waals surface area (Å²) in [6.45, 7) is 1.98. The molecule has 1 rings (SSSR count). The van der Waals surface area contributed by atoms with Crippen LogP contribution in [0.1, 0.15) is 12.5 Å². The maximum absolute atomic E-state index is 13.3. The van der Waals surface area contributed by atoms with E-state index in [1.807, 2.05) is 18.2 Å². The molecule has 2 nitrogen and oxygen atoms in total. The van der Waals surface area contributed by atoms with Crippen molar-refractivity contribution in [3.05, 3.63) is 53.9 Å². The number of esters is 1. The fraction of sp³-hybridized carbons (Fsp3) is 0.154. The van der Waals surface area contributed by atoms with Crippen molar-refractivity contribution in [1.82, 2.24) is 0 Å². The van der Waals surface area contributed by atoms with Crippen molar-refractivity contribution in [3.63, 3.8) is 0 Å². The van der Waals surface area contributed by atoms with E-state index in [0.29, 0.717) is 0 Å². The van der Waals surface area contributed by atoms with Crippen molar-refractivity contribution in [1.29, 1.82) is 0 Å². The van der Waals surface area contributed by atoms with Crippen LogP contribution in [-0.2, 0) is 9.53 Å². The van der Waals surface area contributed by atoms with Crippen LogP contribution in [0.5, 0.6) is 0 Å². The maximum atomic E-state index is 13.3. The average Bonchev–Trinajstić information content (AvgIpc) is 2.28. The quantitative estimate of drug-likeness (QED) is 0.442. The van der Waals surface area contributed by atoms with Gasteiger partial charge in [0, 0.05) is 6.08 Å². The summed E-state index contributed by atoms with van der Waals surface area (Å²) in [5.41, 5.74) is 0.744. The summed E-state index contributed by atoms with van der Waals surface area (Å²) in [5, 5.41) is 0. The average molecular weight is 220 g/mol. The number of benzene rings is 1. The Morgan fingerprint density at radius 2 is 2.00 bits per heavy atom. The molecule has 0 unspecified atom stereocenters. The Labute approximate surface area is 94.0 Å². The topological polar surface area (TPSA) is 26.3 Å². The van der Waals surface area contributed by atoms with E-state index in [1.165, 1.54) is 6.08 Å². The lowest BCUT2D eigenvalue weighted by Gasteiger charge is -1.94. The number of allylic oxidation sites excluding steroid dienone is 2. The van der Waals surface area contributed by atoms with Gasteiger partial charge in [0.15, 0.2) is 0 Å². The molecule has 0 aromatic heterocycles. The van der Waals surface area contributed by atoms with Crippen LogP contribution in [-0.4, -0.2) is 12.6 Å². The van der Waals surface area contributed by atoms with Gasteiger partial charge in [0.25, 0.3) is 0 Å². The molecule has 0 spiro atoms. The number of halogens is 1. The van der Waals surface area contributed by atoms with Gasteiger partial charge in [-0.15, -0.1) is 0 Å². The van der Waals surface area contributed by atoms with E-state index < -0.39 is 11.8 Å². The summed E-state index contributed by atoms with van der Waals surface area (Å²) in [4.78, 5) is 10.9. The fourth-order valence-corrected chi connectivity index (χ4v) is 1.09. The summed E-state index contributed by atoms with van der Waals surface area (Å²) in [6, 6.07) is 9.03. The zero-order chi connectivity index (χ0) is 11.8. The van der Waals surface area contributed by atoms with Gasteiger partial charge >= 0.3 is 5.97 Å². The molecule has 0 fully saturated rings. The standard InChI is InChI=1S/C13H13FO2/c1-2-16-13(15)9-8-12(14)10-11-6-4-3-5-7-11/h3-10H,2H2,1H3/b9-8-,12-10-. The second-order valence-electron chi connectivity index (χ2n) is 3.03. The lowest BCUT2D eigenvalue weighted by molar-refractivity contribution is -0.137. The lowest BCUT2D eigenvalue weighted by Crippen LogP contribution is -1.98. The van der Waals surface area contributed by atoms with Crippen molar-refractivity contribution in [3.8, 4) is 0 Å². The van der Waals surface area contributed by atoms with E-state index in [9.17, 15) is 9.18 Å². The summed E-state index contributed by atoms with van der Waals surface area (Å²) in [7, 11) is 0. The molecule has 0 bridgehead atoms. The minimum atomic E-state index is -0.542. The van der Waals surface area contributed by atoms with Crippen LogP contribution in [0.4, 0.5) is 4.39 Å². The van der Waals surface area contributed by atoms with Crippen LogP contribution in [0.3, 0.4) is 0 Å². The third-order valence-corrected chi connectivity index (χ3v) is 1.77. The number of rotatable bonds is 4. The molecule has 3 heteroatoms. The predicted molar refractivity (Wildman–Crippen MR) is 61.3 cm³/mol. The molecule has 0 N–H and O–H groups in total. The first-order valence-electron chi connectivity index (χ1n) is 4.99. The Bertz CT molecular complexity index is 394. The summed E-state index contributed by atoms with van der Waals surface area (Å²) >= 11 is 0. The number of hydrogen-bond donors (Lipinski definition) is 0. The molecule has 0 heterocycles. The first kappa shape index (κ1) is 12.2. The molecule has 0 saturated heterocycles. The second-order valence-corrected chi connectivity index (χ2v) is 3.03. The molecule has 0 atom stereocenters. The van der Waals surface area contributed by atoms with E-state index in [4.69, 9.17) is 0 Å². The number of carbonyl (C=O) groups is 1. The first-order valence-corrected chi connectivity index (χ1v) is 4.99. The van der Waals surface area contributed by atoms with Crippen molar-refractivity contribution >= 4 is 12.0 Å². The lowest BCUT2D eigenvalue weighted by atomic mass is 10.2. The normalized spacial score (nSPS) is 11.8. The zero-order valence-corrected chi connectivity index (χ0v) is 9.02. The summed E-state index contributed by atoms with van der Waals surface area (Å²) < 4.78 is 17.9. The molecule has 0 amide bonds. The van der Waals surface area contributed by atoms with Crippen LogP contribution in [0.2, 0.25) is 0 Å². The van der Waals surface area contributed by atoms with Gasteiger partial charge in [-0.2, -0.15) is 0 Å².